The maximum Gasteiger partial charge on any atom is 0.0557 e. The van der Waals surface area contributed by atoms with E-state index in [1.165, 1.54) is 0 Å². The summed E-state index contributed by atoms with van der Waals surface area (Å²) < 4.78 is 10.6. The third-order valence-corrected chi connectivity index (χ3v) is 2.74. The topological polar surface area (TPSA) is 37.3 Å². The molecule has 0 saturated carbocycles. The highest BCUT2D eigenvalue weighted by Crippen LogP contribution is 2.07. The van der Waals surface area contributed by atoms with Crippen molar-refractivity contribution in [2.75, 3.05) is 11.5 Å². The van der Waals surface area contributed by atoms with Crippen LogP contribution in [-0.2, 0) is 10.8 Å². The number of aliphatic hydroxyl groups is 1. The van der Waals surface area contributed by atoms with Gasteiger partial charge in [-0.3, -0.25) is 4.21 Å². The van der Waals surface area contributed by atoms with Gasteiger partial charge in [-0.05, 0) is 12.8 Å². The first-order chi connectivity index (χ1) is 3.79. The van der Waals surface area contributed by atoms with Crippen molar-refractivity contribution in [2.45, 2.75) is 18.9 Å². The second kappa shape index (κ2) is 4.25. The Labute approximate surface area is 63.5 Å². The van der Waals surface area contributed by atoms with Gasteiger partial charge in [0, 0.05) is 22.3 Å². The van der Waals surface area contributed by atoms with Gasteiger partial charge in [-0.1, -0.05) is 0 Å². The summed E-state index contributed by atoms with van der Waals surface area (Å²) in [6.45, 7) is 0. The maximum absolute atomic E-state index is 10.6. The predicted octanol–water partition coefficient (Wildman–Crippen LogP) is 0.312. The molecule has 0 aromatic rings. The second-order valence-corrected chi connectivity index (χ2v) is 3.78. The maximum atomic E-state index is 10.6. The minimum absolute atomic E-state index is 0. The van der Waals surface area contributed by atoms with Gasteiger partial charge in [-0.15, -0.1) is 12.4 Å². The molecule has 0 unspecified atom stereocenters. The fourth-order valence-electron chi connectivity index (χ4n) is 0.781. The van der Waals surface area contributed by atoms with Crippen LogP contribution < -0.4 is 0 Å². The van der Waals surface area contributed by atoms with E-state index in [4.69, 9.17) is 5.11 Å². The van der Waals surface area contributed by atoms with Crippen molar-refractivity contribution in [3.63, 3.8) is 0 Å². The van der Waals surface area contributed by atoms with Gasteiger partial charge < -0.3 is 5.11 Å². The van der Waals surface area contributed by atoms with Crippen LogP contribution in [0.2, 0.25) is 0 Å². The normalized spacial score (nSPS) is 35.2. The second-order valence-electron chi connectivity index (χ2n) is 2.08. The Morgan fingerprint density at radius 2 is 1.78 bits per heavy atom. The summed E-state index contributed by atoms with van der Waals surface area (Å²) in [4.78, 5) is 0. The van der Waals surface area contributed by atoms with Gasteiger partial charge in [0.15, 0.2) is 0 Å². The van der Waals surface area contributed by atoms with Crippen molar-refractivity contribution >= 4 is 23.2 Å². The van der Waals surface area contributed by atoms with Crippen molar-refractivity contribution in [1.82, 2.24) is 0 Å². The average molecular weight is 171 g/mol. The Morgan fingerprint density at radius 1 is 1.33 bits per heavy atom. The molecule has 4 heteroatoms. The van der Waals surface area contributed by atoms with Crippen LogP contribution in [0.3, 0.4) is 0 Å². The lowest BCUT2D eigenvalue weighted by molar-refractivity contribution is 0.164. The summed E-state index contributed by atoms with van der Waals surface area (Å²) in [5.74, 6) is 1.39. The standard InChI is InChI=1S/C5H10O2S.ClH/c6-5-1-3-8(7)4-2-5;/h5-6H,1-4H2;1H. The van der Waals surface area contributed by atoms with Gasteiger partial charge in [0.1, 0.15) is 0 Å². The van der Waals surface area contributed by atoms with E-state index in [-0.39, 0.29) is 18.5 Å². The predicted molar refractivity (Wildman–Crippen MR) is 40.4 cm³/mol. The molecule has 0 atom stereocenters. The Kier molecular flexibility index (Phi) is 4.44. The summed E-state index contributed by atoms with van der Waals surface area (Å²) >= 11 is 0. The van der Waals surface area contributed by atoms with Crippen molar-refractivity contribution < 1.29 is 9.32 Å². The van der Waals surface area contributed by atoms with Gasteiger partial charge in [0.2, 0.25) is 0 Å². The quantitative estimate of drug-likeness (QED) is 0.569. The molecular weight excluding hydrogens is 160 g/mol. The third kappa shape index (κ3) is 3.18. The number of rotatable bonds is 0. The van der Waals surface area contributed by atoms with Crippen molar-refractivity contribution in [2.24, 2.45) is 0 Å². The van der Waals surface area contributed by atoms with E-state index in [0.717, 1.165) is 12.8 Å². The molecule has 0 aromatic carbocycles. The van der Waals surface area contributed by atoms with Crippen molar-refractivity contribution in [3.8, 4) is 0 Å². The molecule has 1 rings (SSSR count). The van der Waals surface area contributed by atoms with E-state index in [1.807, 2.05) is 0 Å². The molecule has 1 heterocycles. The van der Waals surface area contributed by atoms with E-state index in [1.54, 1.807) is 0 Å². The number of hydrogen-bond donors (Lipinski definition) is 1. The highest BCUT2D eigenvalue weighted by Gasteiger charge is 2.13. The molecule has 0 spiro atoms. The zero-order valence-electron chi connectivity index (χ0n) is 5.08. The Hall–Kier alpha value is 0.400. The smallest absolute Gasteiger partial charge is 0.0557 e. The van der Waals surface area contributed by atoms with Crippen LogP contribution in [0.25, 0.3) is 0 Å². The van der Waals surface area contributed by atoms with E-state index < -0.39 is 10.8 Å². The van der Waals surface area contributed by atoms with Crippen LogP contribution in [0.4, 0.5) is 0 Å². The SMILES string of the molecule is Cl.O=S1CCC(O)CC1. The van der Waals surface area contributed by atoms with Crippen LogP contribution in [0.1, 0.15) is 12.8 Å². The van der Waals surface area contributed by atoms with Gasteiger partial charge in [0.05, 0.1) is 6.10 Å². The summed E-state index contributed by atoms with van der Waals surface area (Å²) in [6.07, 6.45) is 1.28. The van der Waals surface area contributed by atoms with E-state index >= 15 is 0 Å². The van der Waals surface area contributed by atoms with E-state index in [9.17, 15) is 4.21 Å². The zero-order valence-corrected chi connectivity index (χ0v) is 6.71. The lowest BCUT2D eigenvalue weighted by Gasteiger charge is -2.14. The van der Waals surface area contributed by atoms with E-state index in [2.05, 4.69) is 0 Å². The molecular formula is C5H11ClO2S. The fraction of sp³-hybridized carbons (Fsp3) is 1.00. The molecule has 9 heavy (non-hydrogen) atoms. The summed E-state index contributed by atoms with van der Waals surface area (Å²) in [6, 6.07) is 0. The zero-order chi connectivity index (χ0) is 5.98. The molecule has 1 saturated heterocycles. The minimum atomic E-state index is -0.621. The van der Waals surface area contributed by atoms with Crippen LogP contribution in [0.5, 0.6) is 0 Å². The molecule has 2 nitrogen and oxygen atoms in total. The highest BCUT2D eigenvalue weighted by molar-refractivity contribution is 7.85. The largest absolute Gasteiger partial charge is 0.393 e. The van der Waals surface area contributed by atoms with Crippen LogP contribution in [0, 0.1) is 0 Å². The number of halogens is 1. The summed E-state index contributed by atoms with van der Waals surface area (Å²) in [5, 5.41) is 8.89. The molecule has 56 valence electrons. The van der Waals surface area contributed by atoms with Crippen molar-refractivity contribution in [3.05, 3.63) is 0 Å². The molecule has 1 fully saturated rings. The highest BCUT2D eigenvalue weighted by atomic mass is 35.5. The lowest BCUT2D eigenvalue weighted by Crippen LogP contribution is -2.21. The van der Waals surface area contributed by atoms with Crippen LogP contribution >= 0.6 is 12.4 Å². The molecule has 1 aliphatic heterocycles. The van der Waals surface area contributed by atoms with Gasteiger partial charge in [-0.2, -0.15) is 0 Å². The van der Waals surface area contributed by atoms with Crippen molar-refractivity contribution in [1.29, 1.82) is 0 Å². The first kappa shape index (κ1) is 9.40. The molecule has 1 N–H and O–H groups in total. The average Bonchev–Trinajstić information content (AvgIpc) is 1.77. The molecule has 0 aromatic heterocycles. The first-order valence-electron chi connectivity index (χ1n) is 2.82. The van der Waals surface area contributed by atoms with E-state index in [0.29, 0.717) is 11.5 Å². The molecule has 0 bridgehead atoms. The van der Waals surface area contributed by atoms with Gasteiger partial charge in [0.25, 0.3) is 0 Å². The van der Waals surface area contributed by atoms with Gasteiger partial charge in [-0.25, -0.2) is 0 Å². The molecule has 0 amide bonds. The number of hydrogen-bond acceptors (Lipinski definition) is 2. The summed E-state index contributed by atoms with van der Waals surface area (Å²) in [5.41, 5.74) is 0. The number of aliphatic hydroxyl groups excluding tert-OH is 1. The Bertz CT molecular complexity index is 97.1. The van der Waals surface area contributed by atoms with Crippen LogP contribution in [0.15, 0.2) is 0 Å². The minimum Gasteiger partial charge on any atom is -0.393 e. The third-order valence-electron chi connectivity index (χ3n) is 1.36. The molecule has 0 radical (unpaired) electrons. The summed E-state index contributed by atoms with van der Waals surface area (Å²) in [7, 11) is -0.621. The first-order valence-corrected chi connectivity index (χ1v) is 4.31. The Morgan fingerprint density at radius 3 is 2.11 bits per heavy atom. The molecule has 1 aliphatic rings. The molecule has 0 aliphatic carbocycles. The van der Waals surface area contributed by atoms with Gasteiger partial charge >= 0.3 is 0 Å². The lowest BCUT2D eigenvalue weighted by atomic mass is 10.2. The van der Waals surface area contributed by atoms with Crippen LogP contribution in [-0.4, -0.2) is 26.9 Å². The monoisotopic (exact) mass is 170 g/mol. The Balaban J connectivity index is 0.000000640. The fourth-order valence-corrected chi connectivity index (χ4v) is 2.06.